The van der Waals surface area contributed by atoms with Crippen molar-refractivity contribution in [3.8, 4) is 0 Å². The number of benzene rings is 1. The van der Waals surface area contributed by atoms with Crippen molar-refractivity contribution in [2.75, 3.05) is 18.6 Å². The third-order valence-electron chi connectivity index (χ3n) is 5.95. The van der Waals surface area contributed by atoms with Crippen molar-refractivity contribution in [3.05, 3.63) is 30.0 Å². The van der Waals surface area contributed by atoms with Crippen molar-refractivity contribution < 1.29 is 9.90 Å². The third-order valence-corrected chi connectivity index (χ3v) is 5.95. The van der Waals surface area contributed by atoms with E-state index in [1.165, 1.54) is 42.1 Å². The second kappa shape index (κ2) is 8.99. The first kappa shape index (κ1) is 20.7. The molecule has 0 saturated heterocycles. The number of hydrogen-bond donors (Lipinski definition) is 2. The first-order valence-electron chi connectivity index (χ1n) is 10.7. The highest BCUT2D eigenvalue weighted by atomic mass is 16.3. The van der Waals surface area contributed by atoms with Gasteiger partial charge in [-0.3, -0.25) is 4.79 Å². The maximum Gasteiger partial charge on any atom is 0.243 e. The molecule has 5 heteroatoms. The van der Waals surface area contributed by atoms with Crippen LogP contribution >= 0.6 is 0 Å². The van der Waals surface area contributed by atoms with Crippen LogP contribution in [0.1, 0.15) is 52.0 Å². The monoisotopic (exact) mass is 385 g/mol. The van der Waals surface area contributed by atoms with E-state index in [0.717, 1.165) is 12.2 Å². The van der Waals surface area contributed by atoms with Crippen LogP contribution in [0.25, 0.3) is 10.9 Å². The predicted octanol–water partition coefficient (Wildman–Crippen LogP) is 3.72. The zero-order chi connectivity index (χ0) is 20.3. The van der Waals surface area contributed by atoms with Gasteiger partial charge in [-0.1, -0.05) is 46.1 Å². The highest BCUT2D eigenvalue weighted by Crippen LogP contribution is 2.35. The normalized spacial score (nSPS) is 20.2. The number of rotatable bonds is 7. The van der Waals surface area contributed by atoms with E-state index in [4.69, 9.17) is 0 Å². The Balaban J connectivity index is 2.08. The summed E-state index contributed by atoms with van der Waals surface area (Å²) in [6, 6.07) is 5.87. The number of anilines is 1. The Morgan fingerprint density at radius 3 is 2.71 bits per heavy atom. The number of aromatic nitrogens is 1. The van der Waals surface area contributed by atoms with Crippen molar-refractivity contribution in [1.82, 2.24) is 9.88 Å². The number of aryl methyl sites for hydroxylation is 1. The average molecular weight is 386 g/mol. The van der Waals surface area contributed by atoms with Crippen molar-refractivity contribution in [1.29, 1.82) is 0 Å². The Kier molecular flexibility index (Phi) is 6.65. The molecule has 1 aliphatic rings. The van der Waals surface area contributed by atoms with Crippen molar-refractivity contribution in [2.45, 2.75) is 71.5 Å². The molecule has 0 saturated carbocycles. The largest absolute Gasteiger partial charge is 0.394 e. The number of carbonyl (C=O) groups excluding carboxylic acids is 1. The first-order valence-corrected chi connectivity index (χ1v) is 10.7. The lowest BCUT2D eigenvalue weighted by atomic mass is 10.0. The van der Waals surface area contributed by atoms with Crippen LogP contribution in [0, 0.1) is 5.92 Å². The van der Waals surface area contributed by atoms with E-state index in [1.54, 1.807) is 0 Å². The first-order chi connectivity index (χ1) is 13.5. The number of aliphatic hydroxyl groups is 1. The number of likely N-dealkylation sites (N-methyl/N-ethyl adjacent to an activating group) is 1. The van der Waals surface area contributed by atoms with Gasteiger partial charge in [-0.2, -0.15) is 0 Å². The molecule has 2 atom stereocenters. The topological polar surface area (TPSA) is 57.5 Å². The lowest BCUT2D eigenvalue weighted by Gasteiger charge is -2.32. The highest BCUT2D eigenvalue weighted by molar-refractivity contribution is 5.98. The van der Waals surface area contributed by atoms with Crippen molar-refractivity contribution in [3.63, 3.8) is 0 Å². The van der Waals surface area contributed by atoms with Gasteiger partial charge >= 0.3 is 0 Å². The van der Waals surface area contributed by atoms with Gasteiger partial charge in [0.05, 0.1) is 18.2 Å². The maximum absolute atomic E-state index is 12.9. The molecule has 0 unspecified atom stereocenters. The number of unbranched alkanes of at least 4 members (excludes halogenated alkanes) is 3. The fourth-order valence-corrected chi connectivity index (χ4v) is 4.55. The van der Waals surface area contributed by atoms with Crippen LogP contribution in [-0.4, -0.2) is 41.3 Å². The van der Waals surface area contributed by atoms with E-state index in [9.17, 15) is 9.90 Å². The molecule has 2 N–H and O–H groups in total. The number of nitrogens with one attached hydrogen (secondary N) is 1. The van der Waals surface area contributed by atoms with Crippen LogP contribution < -0.4 is 10.2 Å². The summed E-state index contributed by atoms with van der Waals surface area (Å²) < 4.78 is 2.36. The molecule has 0 fully saturated rings. The minimum Gasteiger partial charge on any atom is -0.394 e. The molecule has 1 aromatic heterocycles. The van der Waals surface area contributed by atoms with Gasteiger partial charge in [0.2, 0.25) is 5.91 Å². The molecule has 3 rings (SSSR count). The third kappa shape index (κ3) is 4.04. The summed E-state index contributed by atoms with van der Waals surface area (Å²) in [6.07, 6.45) is 7.81. The molecule has 5 nitrogen and oxygen atoms in total. The van der Waals surface area contributed by atoms with Crippen LogP contribution in [0.4, 0.5) is 5.69 Å². The van der Waals surface area contributed by atoms with Gasteiger partial charge in [0.15, 0.2) is 0 Å². The van der Waals surface area contributed by atoms with E-state index < -0.39 is 0 Å². The second-order valence-corrected chi connectivity index (χ2v) is 8.47. The van der Waals surface area contributed by atoms with Gasteiger partial charge < -0.3 is 19.9 Å². The maximum atomic E-state index is 12.9. The summed E-state index contributed by atoms with van der Waals surface area (Å²) in [6.45, 7) is 7.34. The molecule has 0 spiro atoms. The lowest BCUT2D eigenvalue weighted by Crippen LogP contribution is -2.52. The molecule has 0 bridgehead atoms. The SMILES string of the molecule is CCCCCCn1cc2c3c(cccc31)N(C)[C@H](C(C)C)C(=O)N[C@H](CO)C2. The van der Waals surface area contributed by atoms with Crippen LogP contribution in [0.15, 0.2) is 24.4 Å². The quantitative estimate of drug-likeness (QED) is 0.714. The number of hydrogen-bond acceptors (Lipinski definition) is 3. The highest BCUT2D eigenvalue weighted by Gasteiger charge is 2.32. The molecule has 1 aromatic carbocycles. The summed E-state index contributed by atoms with van der Waals surface area (Å²) in [7, 11) is 2.01. The molecule has 1 amide bonds. The van der Waals surface area contributed by atoms with Crippen LogP contribution in [-0.2, 0) is 17.8 Å². The fraction of sp³-hybridized carbons (Fsp3) is 0.609. The number of nitrogens with zero attached hydrogens (tertiary/aromatic N) is 2. The molecule has 2 aromatic rings. The fourth-order valence-electron chi connectivity index (χ4n) is 4.55. The van der Waals surface area contributed by atoms with Crippen LogP contribution in [0.2, 0.25) is 0 Å². The summed E-state index contributed by atoms with van der Waals surface area (Å²) in [5, 5.41) is 14.2. The Hall–Kier alpha value is -2.01. The zero-order valence-electron chi connectivity index (χ0n) is 17.7. The second-order valence-electron chi connectivity index (χ2n) is 8.47. The number of carbonyl (C=O) groups is 1. The van der Waals surface area contributed by atoms with Crippen molar-refractivity contribution in [2.24, 2.45) is 5.92 Å². The molecule has 1 aliphatic heterocycles. The Bertz CT molecular complexity index is 812. The van der Waals surface area contributed by atoms with Crippen molar-refractivity contribution >= 4 is 22.5 Å². The van der Waals surface area contributed by atoms with Crippen LogP contribution in [0.3, 0.4) is 0 Å². The smallest absolute Gasteiger partial charge is 0.243 e. The zero-order valence-corrected chi connectivity index (χ0v) is 17.7. The summed E-state index contributed by atoms with van der Waals surface area (Å²) in [5.41, 5.74) is 3.54. The van der Waals surface area contributed by atoms with E-state index >= 15 is 0 Å². The van der Waals surface area contributed by atoms with Crippen LogP contribution in [0.5, 0.6) is 0 Å². The van der Waals surface area contributed by atoms with Gasteiger partial charge in [0.1, 0.15) is 6.04 Å². The molecule has 0 aliphatic carbocycles. The number of amides is 1. The molecule has 154 valence electrons. The van der Waals surface area contributed by atoms with Gasteiger partial charge in [-0.15, -0.1) is 0 Å². The lowest BCUT2D eigenvalue weighted by molar-refractivity contribution is -0.124. The van der Waals surface area contributed by atoms with Gasteiger partial charge in [-0.05, 0) is 36.5 Å². The minimum atomic E-state index is -0.265. The average Bonchev–Trinajstić information content (AvgIpc) is 3.02. The molecule has 28 heavy (non-hydrogen) atoms. The standard InChI is InChI=1S/C23H35N3O2/c1-5-6-7-8-12-26-14-17-13-18(15-27)24-23(28)22(16(2)3)25(4)19-10-9-11-20(26)21(17)19/h9-11,14,16,18,22,27H,5-8,12-13,15H2,1-4H3,(H,24,28)/t18-,22+/m0/s1. The molecule has 2 heterocycles. The Morgan fingerprint density at radius 2 is 2.04 bits per heavy atom. The van der Waals surface area contributed by atoms with Gasteiger partial charge in [0, 0.05) is 30.9 Å². The molecule has 0 radical (unpaired) electrons. The summed E-state index contributed by atoms with van der Waals surface area (Å²) in [5.74, 6) is 0.156. The number of aliphatic hydroxyl groups excluding tert-OH is 1. The summed E-state index contributed by atoms with van der Waals surface area (Å²) in [4.78, 5) is 15.1. The van der Waals surface area contributed by atoms with E-state index in [2.05, 4.69) is 60.0 Å². The van der Waals surface area contributed by atoms with Gasteiger partial charge in [-0.25, -0.2) is 0 Å². The van der Waals surface area contributed by atoms with Gasteiger partial charge in [0.25, 0.3) is 0 Å². The van der Waals surface area contributed by atoms with E-state index in [1.807, 2.05) is 7.05 Å². The van der Waals surface area contributed by atoms with E-state index in [0.29, 0.717) is 6.42 Å². The Labute approximate surface area is 168 Å². The Morgan fingerprint density at radius 1 is 1.25 bits per heavy atom. The summed E-state index contributed by atoms with van der Waals surface area (Å²) >= 11 is 0. The molecular weight excluding hydrogens is 350 g/mol. The van der Waals surface area contributed by atoms with E-state index in [-0.39, 0.29) is 30.5 Å². The minimum absolute atomic E-state index is 0.00820. The predicted molar refractivity (Wildman–Crippen MR) is 116 cm³/mol. The molecular formula is C23H35N3O2.